The van der Waals surface area contributed by atoms with Crippen molar-refractivity contribution in [2.45, 2.75) is 13.5 Å². The van der Waals surface area contributed by atoms with Gasteiger partial charge in [0.2, 0.25) is 0 Å². The zero-order chi connectivity index (χ0) is 15.5. The zero-order valence-corrected chi connectivity index (χ0v) is 14.1. The molecular formula is C17H16N2OS2. The Morgan fingerprint density at radius 2 is 1.95 bits per heavy atom. The van der Waals surface area contributed by atoms with Gasteiger partial charge in [-0.2, -0.15) is 0 Å². The van der Waals surface area contributed by atoms with Gasteiger partial charge in [-0.25, -0.2) is 4.98 Å². The molecule has 0 atom stereocenters. The normalized spacial score (nSPS) is 10.6. The predicted octanol–water partition coefficient (Wildman–Crippen LogP) is 4.45. The SMILES string of the molecule is Cc1nc(-c2cccs2)sc1C(=O)N(C)Cc1ccccc1. The number of carbonyl (C=O) groups is 1. The molecule has 22 heavy (non-hydrogen) atoms. The van der Waals surface area contributed by atoms with Crippen molar-refractivity contribution in [2.75, 3.05) is 7.05 Å². The number of amides is 1. The van der Waals surface area contributed by atoms with E-state index in [0.717, 1.165) is 26.0 Å². The first kappa shape index (κ1) is 14.9. The van der Waals surface area contributed by atoms with Crippen LogP contribution in [0.5, 0.6) is 0 Å². The second kappa shape index (κ2) is 6.42. The molecule has 0 spiro atoms. The molecule has 0 fully saturated rings. The minimum absolute atomic E-state index is 0.0293. The number of benzene rings is 1. The second-order valence-corrected chi connectivity index (χ2v) is 7.00. The van der Waals surface area contributed by atoms with Gasteiger partial charge in [0.25, 0.3) is 5.91 Å². The topological polar surface area (TPSA) is 33.2 Å². The molecule has 0 bridgehead atoms. The Kier molecular flexibility index (Phi) is 4.36. The van der Waals surface area contributed by atoms with Crippen molar-refractivity contribution in [1.82, 2.24) is 9.88 Å². The van der Waals surface area contributed by atoms with Crippen LogP contribution in [0, 0.1) is 6.92 Å². The fraction of sp³-hybridized carbons (Fsp3) is 0.176. The summed E-state index contributed by atoms with van der Waals surface area (Å²) in [4.78, 5) is 20.8. The number of carbonyl (C=O) groups excluding carboxylic acids is 1. The van der Waals surface area contributed by atoms with Crippen LogP contribution in [0.25, 0.3) is 9.88 Å². The summed E-state index contributed by atoms with van der Waals surface area (Å²) in [5.74, 6) is 0.0293. The highest BCUT2D eigenvalue weighted by Crippen LogP contribution is 2.31. The lowest BCUT2D eigenvalue weighted by molar-refractivity contribution is 0.0789. The van der Waals surface area contributed by atoms with Crippen LogP contribution < -0.4 is 0 Å². The molecule has 2 heterocycles. The third-order valence-corrected chi connectivity index (χ3v) is 5.52. The van der Waals surface area contributed by atoms with Gasteiger partial charge in [0, 0.05) is 13.6 Å². The van der Waals surface area contributed by atoms with E-state index < -0.39 is 0 Å². The molecule has 0 radical (unpaired) electrons. The number of rotatable bonds is 4. The highest BCUT2D eigenvalue weighted by atomic mass is 32.1. The van der Waals surface area contributed by atoms with Crippen LogP contribution in [0.3, 0.4) is 0 Å². The molecule has 3 aromatic rings. The molecule has 2 aromatic heterocycles. The molecule has 0 unspecified atom stereocenters. The van der Waals surface area contributed by atoms with E-state index in [1.807, 2.05) is 61.8 Å². The van der Waals surface area contributed by atoms with Crippen molar-refractivity contribution in [1.29, 1.82) is 0 Å². The van der Waals surface area contributed by atoms with E-state index in [1.165, 1.54) is 11.3 Å². The minimum Gasteiger partial charge on any atom is -0.337 e. The molecule has 5 heteroatoms. The van der Waals surface area contributed by atoms with E-state index in [2.05, 4.69) is 4.98 Å². The number of aromatic nitrogens is 1. The Bertz CT molecular complexity index is 763. The van der Waals surface area contributed by atoms with Gasteiger partial charge >= 0.3 is 0 Å². The van der Waals surface area contributed by atoms with Crippen molar-refractivity contribution in [3.05, 3.63) is 64.0 Å². The van der Waals surface area contributed by atoms with Gasteiger partial charge < -0.3 is 4.90 Å². The number of hydrogen-bond acceptors (Lipinski definition) is 4. The minimum atomic E-state index is 0.0293. The van der Waals surface area contributed by atoms with Gasteiger partial charge in [-0.15, -0.1) is 22.7 Å². The van der Waals surface area contributed by atoms with Crippen LogP contribution in [0.4, 0.5) is 0 Å². The zero-order valence-electron chi connectivity index (χ0n) is 12.4. The Labute approximate surface area is 137 Å². The van der Waals surface area contributed by atoms with Crippen molar-refractivity contribution >= 4 is 28.6 Å². The summed E-state index contributed by atoms with van der Waals surface area (Å²) in [5, 5.41) is 2.94. The van der Waals surface area contributed by atoms with Crippen LogP contribution in [0.15, 0.2) is 47.8 Å². The maximum Gasteiger partial charge on any atom is 0.265 e. The van der Waals surface area contributed by atoms with E-state index in [9.17, 15) is 4.79 Å². The molecule has 3 rings (SSSR count). The third kappa shape index (κ3) is 3.10. The lowest BCUT2D eigenvalue weighted by Gasteiger charge is -2.16. The van der Waals surface area contributed by atoms with E-state index >= 15 is 0 Å². The van der Waals surface area contributed by atoms with E-state index in [4.69, 9.17) is 0 Å². The number of nitrogens with zero attached hydrogens (tertiary/aromatic N) is 2. The Morgan fingerprint density at radius 1 is 1.18 bits per heavy atom. The quantitative estimate of drug-likeness (QED) is 0.709. The molecular weight excluding hydrogens is 312 g/mol. The van der Waals surface area contributed by atoms with Crippen molar-refractivity contribution in [3.63, 3.8) is 0 Å². The standard InChI is InChI=1S/C17H16N2OS2/c1-12-15(22-16(18-12)14-9-6-10-21-14)17(20)19(2)11-13-7-4-3-5-8-13/h3-10H,11H2,1-2H3. The first-order chi connectivity index (χ1) is 10.6. The molecule has 0 aliphatic rings. The molecule has 1 aromatic carbocycles. The maximum absolute atomic E-state index is 12.7. The lowest BCUT2D eigenvalue weighted by atomic mass is 10.2. The first-order valence-electron chi connectivity index (χ1n) is 6.96. The molecule has 112 valence electrons. The van der Waals surface area contributed by atoms with Crippen LogP contribution in [0.2, 0.25) is 0 Å². The fourth-order valence-corrected chi connectivity index (χ4v) is 4.06. The van der Waals surface area contributed by atoms with Crippen LogP contribution >= 0.6 is 22.7 Å². The summed E-state index contributed by atoms with van der Waals surface area (Å²) in [6.07, 6.45) is 0. The van der Waals surface area contributed by atoms with Crippen molar-refractivity contribution < 1.29 is 4.79 Å². The highest BCUT2D eigenvalue weighted by molar-refractivity contribution is 7.22. The molecule has 3 nitrogen and oxygen atoms in total. The number of thiazole rings is 1. The highest BCUT2D eigenvalue weighted by Gasteiger charge is 2.20. The Balaban J connectivity index is 1.80. The number of thiophene rings is 1. The summed E-state index contributed by atoms with van der Waals surface area (Å²) in [5.41, 5.74) is 1.93. The second-order valence-electron chi connectivity index (χ2n) is 5.06. The van der Waals surface area contributed by atoms with Gasteiger partial charge in [0.05, 0.1) is 10.6 Å². The van der Waals surface area contributed by atoms with Gasteiger partial charge in [-0.05, 0) is 23.9 Å². The average molecular weight is 328 g/mol. The van der Waals surface area contributed by atoms with Gasteiger partial charge in [-0.1, -0.05) is 36.4 Å². The van der Waals surface area contributed by atoms with E-state index in [0.29, 0.717) is 6.54 Å². The van der Waals surface area contributed by atoms with Crippen molar-refractivity contribution in [3.8, 4) is 9.88 Å². The third-order valence-electron chi connectivity index (χ3n) is 3.33. The van der Waals surface area contributed by atoms with Crippen LogP contribution in [0.1, 0.15) is 20.9 Å². The van der Waals surface area contributed by atoms with E-state index in [-0.39, 0.29) is 5.91 Å². The monoisotopic (exact) mass is 328 g/mol. The molecule has 0 saturated carbocycles. The first-order valence-corrected chi connectivity index (χ1v) is 8.65. The maximum atomic E-state index is 12.7. The molecule has 0 aliphatic heterocycles. The summed E-state index contributed by atoms with van der Waals surface area (Å²) in [7, 11) is 1.83. The molecule has 0 saturated heterocycles. The number of aryl methyl sites for hydroxylation is 1. The Hall–Kier alpha value is -1.98. The summed E-state index contributed by atoms with van der Waals surface area (Å²) < 4.78 is 0. The molecule has 1 amide bonds. The summed E-state index contributed by atoms with van der Waals surface area (Å²) in [6, 6.07) is 14.0. The Morgan fingerprint density at radius 3 is 2.64 bits per heavy atom. The smallest absolute Gasteiger partial charge is 0.265 e. The van der Waals surface area contributed by atoms with Crippen LogP contribution in [-0.4, -0.2) is 22.8 Å². The molecule has 0 N–H and O–H groups in total. The van der Waals surface area contributed by atoms with Crippen molar-refractivity contribution in [2.24, 2.45) is 0 Å². The predicted molar refractivity (Wildman–Crippen MR) is 92.4 cm³/mol. The van der Waals surface area contributed by atoms with Gasteiger partial charge in [0.15, 0.2) is 0 Å². The number of hydrogen-bond donors (Lipinski definition) is 0. The van der Waals surface area contributed by atoms with Crippen LogP contribution in [-0.2, 0) is 6.54 Å². The average Bonchev–Trinajstić information content (AvgIpc) is 3.16. The largest absolute Gasteiger partial charge is 0.337 e. The summed E-state index contributed by atoms with van der Waals surface area (Å²) in [6.45, 7) is 2.50. The fourth-order valence-electron chi connectivity index (χ4n) is 2.20. The summed E-state index contributed by atoms with van der Waals surface area (Å²) >= 11 is 3.12. The lowest BCUT2D eigenvalue weighted by Crippen LogP contribution is -2.26. The van der Waals surface area contributed by atoms with E-state index in [1.54, 1.807) is 16.2 Å². The van der Waals surface area contributed by atoms with Gasteiger partial charge in [0.1, 0.15) is 9.88 Å². The van der Waals surface area contributed by atoms with Gasteiger partial charge in [-0.3, -0.25) is 4.79 Å². The molecule has 0 aliphatic carbocycles.